The molecule has 0 aromatic heterocycles. The van der Waals surface area contributed by atoms with Gasteiger partial charge in [-0.3, -0.25) is 0 Å². The summed E-state index contributed by atoms with van der Waals surface area (Å²) in [7, 11) is 0. The SMILES string of the molecule is Fc1ccccc1C1CO[CH]CO1. The first-order valence-corrected chi connectivity index (χ1v) is 4.17. The lowest BCUT2D eigenvalue weighted by Gasteiger charge is -2.22. The minimum absolute atomic E-state index is 0.238. The number of ether oxygens (including phenoxy) is 2. The number of benzene rings is 1. The van der Waals surface area contributed by atoms with Gasteiger partial charge in [0.25, 0.3) is 0 Å². The highest BCUT2D eigenvalue weighted by Gasteiger charge is 2.19. The summed E-state index contributed by atoms with van der Waals surface area (Å²) in [4.78, 5) is 0. The molecule has 2 nitrogen and oxygen atoms in total. The van der Waals surface area contributed by atoms with Crippen LogP contribution >= 0.6 is 0 Å². The number of rotatable bonds is 1. The molecule has 0 saturated carbocycles. The van der Waals surface area contributed by atoms with Crippen molar-refractivity contribution >= 4 is 0 Å². The van der Waals surface area contributed by atoms with Crippen molar-refractivity contribution in [3.8, 4) is 0 Å². The molecule has 1 radical (unpaired) electrons. The lowest BCUT2D eigenvalue weighted by atomic mass is 10.1. The van der Waals surface area contributed by atoms with Crippen molar-refractivity contribution in [2.45, 2.75) is 6.10 Å². The average Bonchev–Trinajstić information content (AvgIpc) is 2.20. The van der Waals surface area contributed by atoms with E-state index in [0.29, 0.717) is 18.8 Å². The molecular formula is C10H10FO2. The van der Waals surface area contributed by atoms with Gasteiger partial charge in [-0.15, -0.1) is 0 Å². The Balaban J connectivity index is 2.18. The molecule has 1 aromatic carbocycles. The average molecular weight is 181 g/mol. The monoisotopic (exact) mass is 181 g/mol. The molecule has 0 spiro atoms. The molecule has 1 unspecified atom stereocenters. The Morgan fingerprint density at radius 2 is 2.15 bits per heavy atom. The van der Waals surface area contributed by atoms with E-state index in [0.717, 1.165) is 0 Å². The molecule has 0 bridgehead atoms. The first kappa shape index (κ1) is 8.66. The summed E-state index contributed by atoms with van der Waals surface area (Å²) in [5.74, 6) is -0.238. The number of halogens is 1. The Morgan fingerprint density at radius 1 is 1.31 bits per heavy atom. The van der Waals surface area contributed by atoms with E-state index in [1.165, 1.54) is 6.07 Å². The fourth-order valence-electron chi connectivity index (χ4n) is 1.32. The van der Waals surface area contributed by atoms with E-state index in [-0.39, 0.29) is 11.9 Å². The Hall–Kier alpha value is -0.930. The van der Waals surface area contributed by atoms with Crippen molar-refractivity contribution in [3.63, 3.8) is 0 Å². The summed E-state index contributed by atoms with van der Waals surface area (Å²) >= 11 is 0. The first-order chi connectivity index (χ1) is 6.38. The second-order valence-corrected chi connectivity index (χ2v) is 2.84. The molecule has 0 amide bonds. The van der Waals surface area contributed by atoms with Gasteiger partial charge in [-0.25, -0.2) is 4.39 Å². The lowest BCUT2D eigenvalue weighted by molar-refractivity contribution is -0.0591. The Bertz CT molecular complexity index is 282. The first-order valence-electron chi connectivity index (χ1n) is 4.17. The third-order valence-electron chi connectivity index (χ3n) is 1.98. The summed E-state index contributed by atoms with van der Waals surface area (Å²) in [6.45, 7) is 2.39. The Labute approximate surface area is 76.3 Å². The second kappa shape index (κ2) is 3.85. The molecule has 1 aliphatic heterocycles. The van der Waals surface area contributed by atoms with Crippen LogP contribution in [0.1, 0.15) is 11.7 Å². The van der Waals surface area contributed by atoms with E-state index in [9.17, 15) is 4.39 Å². The third kappa shape index (κ3) is 1.87. The highest BCUT2D eigenvalue weighted by molar-refractivity contribution is 5.20. The topological polar surface area (TPSA) is 18.5 Å². The van der Waals surface area contributed by atoms with Gasteiger partial charge < -0.3 is 9.47 Å². The van der Waals surface area contributed by atoms with E-state index in [4.69, 9.17) is 9.47 Å². The maximum Gasteiger partial charge on any atom is 0.129 e. The molecule has 2 rings (SSSR count). The van der Waals surface area contributed by atoms with Crippen LogP contribution in [0, 0.1) is 12.4 Å². The van der Waals surface area contributed by atoms with Gasteiger partial charge >= 0.3 is 0 Å². The minimum Gasteiger partial charge on any atom is -0.370 e. The van der Waals surface area contributed by atoms with Crippen LogP contribution < -0.4 is 0 Å². The Morgan fingerprint density at radius 3 is 2.85 bits per heavy atom. The molecule has 1 fully saturated rings. The standard InChI is InChI=1S/C10H10FO2/c11-9-4-2-1-3-8(9)10-7-12-5-6-13-10/h1-5,10H,6-7H2. The van der Waals surface area contributed by atoms with E-state index in [2.05, 4.69) is 0 Å². The Kier molecular flexibility index (Phi) is 2.57. The maximum absolute atomic E-state index is 13.2. The molecule has 1 saturated heterocycles. The van der Waals surface area contributed by atoms with Crippen LogP contribution in [0.25, 0.3) is 0 Å². The summed E-state index contributed by atoms with van der Waals surface area (Å²) in [5.41, 5.74) is 0.565. The summed E-state index contributed by atoms with van der Waals surface area (Å²) < 4.78 is 23.6. The molecule has 3 heteroatoms. The van der Waals surface area contributed by atoms with Crippen molar-refractivity contribution in [1.29, 1.82) is 0 Å². The van der Waals surface area contributed by atoms with E-state index < -0.39 is 0 Å². The normalized spacial score (nSPS) is 23.0. The molecule has 0 N–H and O–H groups in total. The van der Waals surface area contributed by atoms with Gasteiger partial charge in [0.15, 0.2) is 0 Å². The molecule has 0 aliphatic carbocycles. The fraction of sp³-hybridized carbons (Fsp3) is 0.300. The lowest BCUT2D eigenvalue weighted by Crippen LogP contribution is -2.19. The third-order valence-corrected chi connectivity index (χ3v) is 1.98. The highest BCUT2D eigenvalue weighted by Crippen LogP contribution is 2.23. The molecule has 1 aromatic rings. The van der Waals surface area contributed by atoms with Gasteiger partial charge in [0.2, 0.25) is 0 Å². The van der Waals surface area contributed by atoms with Crippen LogP contribution in [0.5, 0.6) is 0 Å². The summed E-state index contributed by atoms with van der Waals surface area (Å²) in [6, 6.07) is 6.60. The molecule has 1 heterocycles. The molecule has 1 atom stereocenters. The maximum atomic E-state index is 13.2. The zero-order valence-corrected chi connectivity index (χ0v) is 7.07. The zero-order valence-electron chi connectivity index (χ0n) is 7.07. The van der Waals surface area contributed by atoms with Gasteiger partial charge in [-0.05, 0) is 6.07 Å². The van der Waals surface area contributed by atoms with Gasteiger partial charge in [-0.1, -0.05) is 18.2 Å². The molecule has 13 heavy (non-hydrogen) atoms. The van der Waals surface area contributed by atoms with Crippen LogP contribution in [-0.4, -0.2) is 13.2 Å². The fourth-order valence-corrected chi connectivity index (χ4v) is 1.32. The molecular weight excluding hydrogens is 171 g/mol. The predicted molar refractivity (Wildman–Crippen MR) is 45.3 cm³/mol. The highest BCUT2D eigenvalue weighted by atomic mass is 19.1. The number of hydrogen-bond acceptors (Lipinski definition) is 2. The quantitative estimate of drug-likeness (QED) is 0.660. The van der Waals surface area contributed by atoms with Crippen LogP contribution in [0.15, 0.2) is 24.3 Å². The van der Waals surface area contributed by atoms with Crippen molar-refractivity contribution in [1.82, 2.24) is 0 Å². The van der Waals surface area contributed by atoms with E-state index in [1.54, 1.807) is 24.8 Å². The van der Waals surface area contributed by atoms with Crippen LogP contribution in [0.2, 0.25) is 0 Å². The van der Waals surface area contributed by atoms with Crippen molar-refractivity contribution in [2.24, 2.45) is 0 Å². The molecule has 1 aliphatic rings. The largest absolute Gasteiger partial charge is 0.370 e. The van der Waals surface area contributed by atoms with Gasteiger partial charge in [0.1, 0.15) is 18.5 Å². The molecule has 69 valence electrons. The number of hydrogen-bond donors (Lipinski definition) is 0. The minimum atomic E-state index is -0.272. The predicted octanol–water partition coefficient (Wildman–Crippen LogP) is 2.08. The van der Waals surface area contributed by atoms with Gasteiger partial charge in [0, 0.05) is 5.56 Å². The zero-order chi connectivity index (χ0) is 9.10. The van der Waals surface area contributed by atoms with Crippen molar-refractivity contribution in [2.75, 3.05) is 13.2 Å². The summed E-state index contributed by atoms with van der Waals surface area (Å²) in [5, 5.41) is 0. The van der Waals surface area contributed by atoms with Crippen molar-refractivity contribution < 1.29 is 13.9 Å². The second-order valence-electron chi connectivity index (χ2n) is 2.84. The van der Waals surface area contributed by atoms with Crippen molar-refractivity contribution in [3.05, 3.63) is 42.3 Å². The smallest absolute Gasteiger partial charge is 0.129 e. The van der Waals surface area contributed by atoms with Gasteiger partial charge in [0.05, 0.1) is 13.2 Å². The van der Waals surface area contributed by atoms with E-state index >= 15 is 0 Å². The van der Waals surface area contributed by atoms with Gasteiger partial charge in [-0.2, -0.15) is 0 Å². The van der Waals surface area contributed by atoms with E-state index in [1.807, 2.05) is 0 Å². The summed E-state index contributed by atoms with van der Waals surface area (Å²) in [6.07, 6.45) is -0.272. The van der Waals surface area contributed by atoms with Crippen LogP contribution in [0.3, 0.4) is 0 Å². The van der Waals surface area contributed by atoms with Crippen LogP contribution in [-0.2, 0) is 9.47 Å². The van der Waals surface area contributed by atoms with Crippen LogP contribution in [0.4, 0.5) is 4.39 Å².